The lowest BCUT2D eigenvalue weighted by Gasteiger charge is -2.27. The molecule has 2 aromatic heterocycles. The fourth-order valence-corrected chi connectivity index (χ4v) is 3.92. The number of hydrogen-bond acceptors (Lipinski definition) is 7. The Kier molecular flexibility index (Phi) is 8.62. The number of aliphatic carboxylic acids is 1. The predicted molar refractivity (Wildman–Crippen MR) is 121 cm³/mol. The molecular weight excluding hydrogens is 426 g/mol. The summed E-state index contributed by atoms with van der Waals surface area (Å²) in [5, 5.41) is 17.6. The molecule has 0 radical (unpaired) electrons. The van der Waals surface area contributed by atoms with Crippen molar-refractivity contribution in [3.63, 3.8) is 0 Å². The maximum Gasteiger partial charge on any atom is 0.409 e. The molecular formula is C23H33N5O5. The van der Waals surface area contributed by atoms with Gasteiger partial charge in [-0.3, -0.25) is 9.78 Å². The highest BCUT2D eigenvalue weighted by atomic mass is 16.6. The lowest BCUT2D eigenvalue weighted by Crippen LogP contribution is -2.29. The first-order valence-corrected chi connectivity index (χ1v) is 11.5. The molecule has 10 nitrogen and oxygen atoms in total. The van der Waals surface area contributed by atoms with Crippen LogP contribution >= 0.6 is 0 Å². The SMILES string of the molecule is CCCCCOC(=O)N(C)Cc1c(-c2ccc(O[C@H]3CCCC(C(=O)O)C3)cn2)nnn1C. The second kappa shape index (κ2) is 11.6. The molecule has 1 aliphatic carbocycles. The standard InChI is InChI=1S/C23H33N5O5/c1-4-5-6-12-32-23(31)27(2)15-20-21(25-26-28(20)3)19-11-10-18(14-24-19)33-17-9-7-8-16(13-17)22(29)30/h10-11,14,16-17H,4-9,12-13,15H2,1-3H3,(H,29,30)/t16?,17-/m0/s1. The number of carboxylic acids is 1. The van der Waals surface area contributed by atoms with Gasteiger partial charge in [-0.25, -0.2) is 9.48 Å². The highest BCUT2D eigenvalue weighted by molar-refractivity contribution is 5.70. The van der Waals surface area contributed by atoms with E-state index in [-0.39, 0.29) is 24.7 Å². The summed E-state index contributed by atoms with van der Waals surface area (Å²) in [6.45, 7) is 2.79. The smallest absolute Gasteiger partial charge is 0.409 e. The van der Waals surface area contributed by atoms with E-state index in [2.05, 4.69) is 22.2 Å². The quantitative estimate of drug-likeness (QED) is 0.535. The highest BCUT2D eigenvalue weighted by Gasteiger charge is 2.28. The van der Waals surface area contributed by atoms with Crippen LogP contribution in [0.5, 0.6) is 5.75 Å². The molecule has 0 bridgehead atoms. The van der Waals surface area contributed by atoms with Gasteiger partial charge in [0.15, 0.2) is 0 Å². The fourth-order valence-electron chi connectivity index (χ4n) is 3.92. The number of nitrogens with zero attached hydrogens (tertiary/aromatic N) is 5. The third-order valence-electron chi connectivity index (χ3n) is 5.87. The van der Waals surface area contributed by atoms with Crippen LogP contribution in [0.2, 0.25) is 0 Å². The van der Waals surface area contributed by atoms with Crippen LogP contribution in [0.1, 0.15) is 57.6 Å². The Bertz CT molecular complexity index is 930. The topological polar surface area (TPSA) is 120 Å². The number of ether oxygens (including phenoxy) is 2. The van der Waals surface area contributed by atoms with Gasteiger partial charge in [0, 0.05) is 14.1 Å². The summed E-state index contributed by atoms with van der Waals surface area (Å²) in [7, 11) is 3.45. The number of unbranched alkanes of at least 4 members (excludes halogenated alkanes) is 2. The van der Waals surface area contributed by atoms with E-state index < -0.39 is 5.97 Å². The molecule has 1 amide bonds. The van der Waals surface area contributed by atoms with Crippen LogP contribution in [-0.2, 0) is 23.1 Å². The Balaban J connectivity index is 1.62. The third-order valence-corrected chi connectivity index (χ3v) is 5.87. The normalized spacial score (nSPS) is 18.0. The van der Waals surface area contributed by atoms with Gasteiger partial charge in [0.25, 0.3) is 0 Å². The number of aryl methyl sites for hydroxylation is 1. The Morgan fingerprint density at radius 3 is 2.79 bits per heavy atom. The third kappa shape index (κ3) is 6.66. The minimum atomic E-state index is -0.762. The van der Waals surface area contributed by atoms with Crippen LogP contribution in [0.4, 0.5) is 4.79 Å². The number of amides is 1. The Morgan fingerprint density at radius 2 is 2.09 bits per heavy atom. The van der Waals surface area contributed by atoms with E-state index in [9.17, 15) is 14.7 Å². The monoisotopic (exact) mass is 459 g/mol. The number of carboxylic acid groups (broad SMARTS) is 1. The summed E-state index contributed by atoms with van der Waals surface area (Å²) in [6, 6.07) is 3.60. The molecule has 1 N–H and O–H groups in total. The minimum absolute atomic E-state index is 0.128. The van der Waals surface area contributed by atoms with Gasteiger partial charge in [0.05, 0.1) is 42.8 Å². The van der Waals surface area contributed by atoms with E-state index in [1.807, 2.05) is 0 Å². The first kappa shape index (κ1) is 24.5. The van der Waals surface area contributed by atoms with Crippen molar-refractivity contribution in [3.8, 4) is 17.1 Å². The molecule has 2 atom stereocenters. The van der Waals surface area contributed by atoms with Crippen molar-refractivity contribution in [3.05, 3.63) is 24.0 Å². The van der Waals surface area contributed by atoms with Crippen LogP contribution in [0.25, 0.3) is 11.4 Å². The highest BCUT2D eigenvalue weighted by Crippen LogP contribution is 2.29. The van der Waals surface area contributed by atoms with Gasteiger partial charge >= 0.3 is 12.1 Å². The summed E-state index contributed by atoms with van der Waals surface area (Å²) in [6.07, 6.45) is 6.92. The lowest BCUT2D eigenvalue weighted by atomic mass is 9.87. The van der Waals surface area contributed by atoms with Gasteiger partial charge in [-0.05, 0) is 44.2 Å². The summed E-state index contributed by atoms with van der Waals surface area (Å²) >= 11 is 0. The zero-order chi connectivity index (χ0) is 23.8. The van der Waals surface area contributed by atoms with Gasteiger partial charge in [-0.15, -0.1) is 5.10 Å². The molecule has 0 saturated heterocycles. The summed E-state index contributed by atoms with van der Waals surface area (Å²) in [5.74, 6) is -0.525. The maximum absolute atomic E-state index is 12.3. The van der Waals surface area contributed by atoms with E-state index in [0.29, 0.717) is 36.6 Å². The van der Waals surface area contributed by atoms with Crippen molar-refractivity contribution in [2.24, 2.45) is 13.0 Å². The van der Waals surface area contributed by atoms with Gasteiger partial charge in [-0.2, -0.15) is 0 Å². The fraction of sp³-hybridized carbons (Fsp3) is 0.609. The van der Waals surface area contributed by atoms with Crippen molar-refractivity contribution in [1.82, 2.24) is 24.9 Å². The Morgan fingerprint density at radius 1 is 1.27 bits per heavy atom. The van der Waals surface area contributed by atoms with Gasteiger partial charge < -0.3 is 19.5 Å². The molecule has 1 unspecified atom stereocenters. The Hall–Kier alpha value is -3.17. The van der Waals surface area contributed by atoms with E-state index in [1.54, 1.807) is 37.1 Å². The molecule has 2 aromatic rings. The van der Waals surface area contributed by atoms with E-state index >= 15 is 0 Å². The largest absolute Gasteiger partial charge is 0.489 e. The summed E-state index contributed by atoms with van der Waals surface area (Å²) in [5.41, 5.74) is 1.93. The lowest BCUT2D eigenvalue weighted by molar-refractivity contribution is -0.143. The minimum Gasteiger partial charge on any atom is -0.489 e. The number of pyridine rings is 1. The zero-order valence-electron chi connectivity index (χ0n) is 19.6. The van der Waals surface area contributed by atoms with Crippen LogP contribution in [0, 0.1) is 5.92 Å². The van der Waals surface area contributed by atoms with Crippen molar-refractivity contribution in [2.75, 3.05) is 13.7 Å². The van der Waals surface area contributed by atoms with Crippen molar-refractivity contribution in [1.29, 1.82) is 0 Å². The number of aromatic nitrogens is 4. The van der Waals surface area contributed by atoms with Crippen LogP contribution in [0.15, 0.2) is 18.3 Å². The van der Waals surface area contributed by atoms with E-state index in [0.717, 1.165) is 37.8 Å². The molecule has 1 aliphatic rings. The van der Waals surface area contributed by atoms with E-state index in [1.165, 1.54) is 4.90 Å². The Labute approximate surface area is 193 Å². The van der Waals surface area contributed by atoms with Gasteiger partial charge in [0.2, 0.25) is 0 Å². The molecule has 0 spiro atoms. The zero-order valence-corrected chi connectivity index (χ0v) is 19.6. The molecule has 1 saturated carbocycles. The molecule has 180 valence electrons. The second-order valence-electron chi connectivity index (χ2n) is 8.51. The average molecular weight is 460 g/mol. The maximum atomic E-state index is 12.3. The molecule has 0 aromatic carbocycles. The van der Waals surface area contributed by atoms with Crippen LogP contribution in [-0.4, -0.2) is 61.8 Å². The molecule has 3 rings (SSSR count). The van der Waals surface area contributed by atoms with Crippen LogP contribution in [0.3, 0.4) is 0 Å². The summed E-state index contributed by atoms with van der Waals surface area (Å²) in [4.78, 5) is 29.5. The van der Waals surface area contributed by atoms with Crippen molar-refractivity contribution >= 4 is 12.1 Å². The predicted octanol–water partition coefficient (Wildman–Crippen LogP) is 3.66. The first-order chi connectivity index (χ1) is 15.9. The van der Waals surface area contributed by atoms with Crippen molar-refractivity contribution < 1.29 is 24.2 Å². The molecule has 10 heteroatoms. The van der Waals surface area contributed by atoms with Crippen LogP contribution < -0.4 is 4.74 Å². The van der Waals surface area contributed by atoms with Gasteiger partial charge in [-0.1, -0.05) is 25.0 Å². The molecule has 0 aliphatic heterocycles. The van der Waals surface area contributed by atoms with Crippen molar-refractivity contribution in [2.45, 2.75) is 64.5 Å². The summed E-state index contributed by atoms with van der Waals surface area (Å²) < 4.78 is 12.9. The molecule has 33 heavy (non-hydrogen) atoms. The number of carbonyl (C=O) groups excluding carboxylic acids is 1. The number of carbonyl (C=O) groups is 2. The number of rotatable bonds is 10. The van der Waals surface area contributed by atoms with E-state index in [4.69, 9.17) is 9.47 Å². The van der Waals surface area contributed by atoms with Gasteiger partial charge in [0.1, 0.15) is 11.4 Å². The molecule has 2 heterocycles. The molecule has 1 fully saturated rings. The average Bonchev–Trinajstić information content (AvgIpc) is 3.17. The number of hydrogen-bond donors (Lipinski definition) is 1. The second-order valence-corrected chi connectivity index (χ2v) is 8.51. The first-order valence-electron chi connectivity index (χ1n) is 11.5.